The minimum absolute atomic E-state index is 0.684. The van der Waals surface area contributed by atoms with E-state index in [0.717, 1.165) is 28.7 Å². The SMILES string of the molecule is COc1c(C)cc(C)cc1N(C=O)c1cc(C)cc(C)c1OC. The molecule has 1 amide bonds. The van der Waals surface area contributed by atoms with E-state index in [1.54, 1.807) is 19.1 Å². The molecule has 2 aromatic carbocycles. The van der Waals surface area contributed by atoms with E-state index >= 15 is 0 Å². The lowest BCUT2D eigenvalue weighted by molar-refractivity contribution is -0.106. The molecule has 0 heterocycles. The van der Waals surface area contributed by atoms with Crippen LogP contribution in [0.4, 0.5) is 11.4 Å². The molecular weight excluding hydrogens is 290 g/mol. The summed E-state index contributed by atoms with van der Waals surface area (Å²) in [6.45, 7) is 7.93. The van der Waals surface area contributed by atoms with Gasteiger partial charge >= 0.3 is 0 Å². The fourth-order valence-corrected chi connectivity index (χ4v) is 3.00. The molecule has 4 nitrogen and oxygen atoms in total. The number of carbonyl (C=O) groups excluding carboxylic acids is 1. The van der Waals surface area contributed by atoms with Crippen LogP contribution >= 0.6 is 0 Å². The molecule has 0 aliphatic rings. The summed E-state index contributed by atoms with van der Waals surface area (Å²) in [5.74, 6) is 1.37. The summed E-state index contributed by atoms with van der Waals surface area (Å²) < 4.78 is 11.1. The molecule has 0 saturated heterocycles. The van der Waals surface area contributed by atoms with Crippen LogP contribution in [0.25, 0.3) is 0 Å². The molecule has 0 fully saturated rings. The predicted molar refractivity (Wildman–Crippen MR) is 93.1 cm³/mol. The highest BCUT2D eigenvalue weighted by Gasteiger charge is 2.20. The Kier molecular flexibility index (Phi) is 4.94. The Morgan fingerprint density at radius 1 is 0.783 bits per heavy atom. The van der Waals surface area contributed by atoms with Gasteiger partial charge in [-0.05, 0) is 62.1 Å². The van der Waals surface area contributed by atoms with E-state index in [9.17, 15) is 4.79 Å². The Balaban J connectivity index is 2.74. The molecule has 122 valence electrons. The molecule has 2 aromatic rings. The minimum atomic E-state index is 0.684. The second-order valence-corrected chi connectivity index (χ2v) is 5.74. The van der Waals surface area contributed by atoms with Gasteiger partial charge in [-0.3, -0.25) is 9.69 Å². The number of aryl methyl sites for hydroxylation is 4. The van der Waals surface area contributed by atoms with Crippen LogP contribution < -0.4 is 14.4 Å². The zero-order chi connectivity index (χ0) is 17.1. The molecule has 2 rings (SSSR count). The predicted octanol–water partition coefficient (Wildman–Crippen LogP) is 4.23. The Bertz CT molecular complexity index is 678. The number of carbonyl (C=O) groups is 1. The van der Waals surface area contributed by atoms with Crippen LogP contribution in [0.3, 0.4) is 0 Å². The lowest BCUT2D eigenvalue weighted by atomic mass is 10.1. The molecule has 0 bridgehead atoms. The fraction of sp³-hybridized carbons (Fsp3) is 0.316. The average Bonchev–Trinajstić information content (AvgIpc) is 2.47. The highest BCUT2D eigenvalue weighted by molar-refractivity contribution is 5.92. The van der Waals surface area contributed by atoms with Gasteiger partial charge in [0.25, 0.3) is 0 Å². The first-order valence-corrected chi connectivity index (χ1v) is 7.48. The number of amides is 1. The van der Waals surface area contributed by atoms with E-state index in [1.807, 2.05) is 52.0 Å². The van der Waals surface area contributed by atoms with Gasteiger partial charge in [-0.15, -0.1) is 0 Å². The van der Waals surface area contributed by atoms with Gasteiger partial charge in [-0.2, -0.15) is 0 Å². The van der Waals surface area contributed by atoms with E-state index in [4.69, 9.17) is 9.47 Å². The Morgan fingerprint density at radius 3 is 1.48 bits per heavy atom. The van der Waals surface area contributed by atoms with Gasteiger partial charge in [0.1, 0.15) is 11.5 Å². The lowest BCUT2D eigenvalue weighted by Crippen LogP contribution is -2.17. The van der Waals surface area contributed by atoms with E-state index in [2.05, 4.69) is 0 Å². The largest absolute Gasteiger partial charge is 0.494 e. The van der Waals surface area contributed by atoms with Gasteiger partial charge in [0.05, 0.1) is 25.6 Å². The van der Waals surface area contributed by atoms with Crippen molar-refractivity contribution in [2.45, 2.75) is 27.7 Å². The van der Waals surface area contributed by atoms with Crippen molar-refractivity contribution in [3.05, 3.63) is 46.5 Å². The molecule has 0 radical (unpaired) electrons. The number of hydrogen-bond acceptors (Lipinski definition) is 3. The van der Waals surface area contributed by atoms with Gasteiger partial charge in [0.15, 0.2) is 0 Å². The Labute approximate surface area is 137 Å². The van der Waals surface area contributed by atoms with Gasteiger partial charge in [-0.25, -0.2) is 0 Å². The van der Waals surface area contributed by atoms with E-state index in [0.29, 0.717) is 22.9 Å². The van der Waals surface area contributed by atoms with Crippen molar-refractivity contribution in [1.29, 1.82) is 0 Å². The van der Waals surface area contributed by atoms with E-state index in [-0.39, 0.29) is 0 Å². The number of nitrogens with zero attached hydrogens (tertiary/aromatic N) is 1. The summed E-state index contributed by atoms with van der Waals surface area (Å²) in [4.78, 5) is 13.5. The topological polar surface area (TPSA) is 38.8 Å². The summed E-state index contributed by atoms with van der Waals surface area (Å²) in [5, 5.41) is 0. The fourth-order valence-electron chi connectivity index (χ4n) is 3.00. The number of anilines is 2. The molecule has 4 heteroatoms. The van der Waals surface area contributed by atoms with Crippen LogP contribution in [0.5, 0.6) is 11.5 Å². The third-order valence-electron chi connectivity index (χ3n) is 3.83. The second kappa shape index (κ2) is 6.73. The van der Waals surface area contributed by atoms with Gasteiger partial charge in [-0.1, -0.05) is 12.1 Å². The zero-order valence-electron chi connectivity index (χ0n) is 14.6. The van der Waals surface area contributed by atoms with Crippen LogP contribution in [0.15, 0.2) is 24.3 Å². The minimum Gasteiger partial charge on any atom is -0.494 e. The van der Waals surface area contributed by atoms with Crippen LogP contribution in [0.2, 0.25) is 0 Å². The van der Waals surface area contributed by atoms with Gasteiger partial charge in [0.2, 0.25) is 6.41 Å². The summed E-state index contributed by atoms with van der Waals surface area (Å²) in [7, 11) is 3.23. The number of methoxy groups -OCH3 is 2. The molecule has 0 N–H and O–H groups in total. The van der Waals surface area contributed by atoms with Crippen LogP contribution in [-0.4, -0.2) is 20.6 Å². The molecule has 0 aromatic heterocycles. The van der Waals surface area contributed by atoms with Crippen molar-refractivity contribution < 1.29 is 14.3 Å². The highest BCUT2D eigenvalue weighted by Crippen LogP contribution is 2.41. The van der Waals surface area contributed by atoms with Crippen molar-refractivity contribution >= 4 is 17.8 Å². The monoisotopic (exact) mass is 313 g/mol. The number of ether oxygens (including phenoxy) is 2. The molecule has 0 spiro atoms. The molecule has 0 unspecified atom stereocenters. The third-order valence-corrected chi connectivity index (χ3v) is 3.83. The number of rotatable bonds is 5. The average molecular weight is 313 g/mol. The number of hydrogen-bond donors (Lipinski definition) is 0. The maximum atomic E-state index is 11.9. The van der Waals surface area contributed by atoms with Crippen molar-refractivity contribution in [1.82, 2.24) is 0 Å². The maximum absolute atomic E-state index is 11.9. The first-order valence-electron chi connectivity index (χ1n) is 7.48. The van der Waals surface area contributed by atoms with Crippen molar-refractivity contribution in [3.63, 3.8) is 0 Å². The Hall–Kier alpha value is -2.49. The maximum Gasteiger partial charge on any atom is 0.218 e. The summed E-state index contributed by atoms with van der Waals surface area (Å²) >= 11 is 0. The van der Waals surface area contributed by atoms with Crippen molar-refractivity contribution in [2.24, 2.45) is 0 Å². The van der Waals surface area contributed by atoms with Crippen LogP contribution in [0.1, 0.15) is 22.3 Å². The summed E-state index contributed by atoms with van der Waals surface area (Å²) in [6.07, 6.45) is 0.799. The number of benzene rings is 2. The first-order chi connectivity index (χ1) is 10.9. The quantitative estimate of drug-likeness (QED) is 0.775. The highest BCUT2D eigenvalue weighted by atomic mass is 16.5. The molecule has 0 aliphatic carbocycles. The Morgan fingerprint density at radius 2 is 1.17 bits per heavy atom. The second-order valence-electron chi connectivity index (χ2n) is 5.74. The van der Waals surface area contributed by atoms with Crippen molar-refractivity contribution in [3.8, 4) is 11.5 Å². The van der Waals surface area contributed by atoms with Gasteiger partial charge in [0, 0.05) is 0 Å². The molecule has 0 aliphatic heterocycles. The molecule has 0 atom stereocenters. The summed E-state index contributed by atoms with van der Waals surface area (Å²) in [5.41, 5.74) is 5.52. The van der Waals surface area contributed by atoms with Crippen LogP contribution in [-0.2, 0) is 4.79 Å². The van der Waals surface area contributed by atoms with E-state index < -0.39 is 0 Å². The normalized spacial score (nSPS) is 10.3. The lowest BCUT2D eigenvalue weighted by Gasteiger charge is -2.25. The molecular formula is C19H23NO3. The van der Waals surface area contributed by atoms with Crippen LogP contribution in [0, 0.1) is 27.7 Å². The summed E-state index contributed by atoms with van der Waals surface area (Å²) in [6, 6.07) is 7.95. The smallest absolute Gasteiger partial charge is 0.218 e. The third kappa shape index (κ3) is 3.16. The standard InChI is InChI=1S/C19H23NO3/c1-12-7-14(3)18(22-5)16(9-12)20(11-21)17-10-13(2)8-15(4)19(17)23-6/h7-11H,1-6H3. The van der Waals surface area contributed by atoms with E-state index in [1.165, 1.54) is 0 Å². The zero-order valence-corrected chi connectivity index (χ0v) is 14.6. The first kappa shape index (κ1) is 16.9. The molecule has 0 saturated carbocycles. The van der Waals surface area contributed by atoms with Gasteiger partial charge < -0.3 is 9.47 Å². The van der Waals surface area contributed by atoms with Crippen molar-refractivity contribution in [2.75, 3.05) is 19.1 Å². The molecule has 23 heavy (non-hydrogen) atoms.